The smallest absolute Gasteiger partial charge is 0.328 e. The lowest BCUT2D eigenvalue weighted by atomic mass is 9.91. The molecule has 200 valence electrons. The molecule has 3 heterocycles. The number of aromatic amines is 1. The van der Waals surface area contributed by atoms with Crippen LogP contribution in [0.5, 0.6) is 0 Å². The van der Waals surface area contributed by atoms with Gasteiger partial charge in [-0.25, -0.2) is 14.8 Å². The van der Waals surface area contributed by atoms with Crippen molar-refractivity contribution in [3.8, 4) is 0 Å². The maximum absolute atomic E-state index is 14.1. The topological polar surface area (TPSA) is 134 Å². The zero-order valence-corrected chi connectivity index (χ0v) is 21.9. The van der Waals surface area contributed by atoms with E-state index in [1.54, 1.807) is 11.1 Å². The molecule has 37 heavy (non-hydrogen) atoms. The molecule has 2 unspecified atom stereocenters. The van der Waals surface area contributed by atoms with Crippen LogP contribution in [0.25, 0.3) is 0 Å². The van der Waals surface area contributed by atoms with Gasteiger partial charge in [0.25, 0.3) is 5.91 Å². The van der Waals surface area contributed by atoms with E-state index in [1.165, 1.54) is 4.90 Å². The van der Waals surface area contributed by atoms with E-state index in [0.29, 0.717) is 63.4 Å². The first-order chi connectivity index (χ1) is 17.9. The molecule has 4 rings (SSSR count). The number of aliphatic hydroxyl groups is 1. The van der Waals surface area contributed by atoms with E-state index in [-0.39, 0.29) is 18.5 Å². The van der Waals surface area contributed by atoms with Crippen molar-refractivity contribution in [3.05, 3.63) is 47.8 Å². The third-order valence-electron chi connectivity index (χ3n) is 7.20. The highest BCUT2D eigenvalue weighted by Crippen LogP contribution is 2.41. The lowest BCUT2D eigenvalue weighted by Crippen LogP contribution is -2.74. The van der Waals surface area contributed by atoms with Crippen LogP contribution in [0.15, 0.2) is 41.5 Å². The van der Waals surface area contributed by atoms with E-state index in [9.17, 15) is 14.7 Å². The molecule has 0 aliphatic carbocycles. The number of carbonyl (C=O) groups is 2. The zero-order chi connectivity index (χ0) is 26.6. The number of hydrogen-bond acceptors (Lipinski definition) is 8. The molecule has 0 bridgehead atoms. The molecular weight excluding hydrogens is 472 g/mol. The highest BCUT2D eigenvalue weighted by atomic mass is 16.3. The molecule has 1 aromatic heterocycles. The van der Waals surface area contributed by atoms with Gasteiger partial charge in [-0.3, -0.25) is 24.7 Å². The molecule has 1 fully saturated rings. The second-order valence-electron chi connectivity index (χ2n) is 9.45. The minimum absolute atomic E-state index is 0.0693. The first-order valence-electron chi connectivity index (χ1n) is 13.1. The number of rotatable bonds is 12. The number of aromatic nitrogens is 2. The molecule has 1 saturated heterocycles. The number of hydrogen-bond donors (Lipinski definition) is 3. The third kappa shape index (κ3) is 4.93. The summed E-state index contributed by atoms with van der Waals surface area (Å²) in [6.07, 6.45) is 3.83. The summed E-state index contributed by atoms with van der Waals surface area (Å²) in [6, 6.07) is 8.47. The number of nitrogens with two attached hydrogens (primary N) is 1. The number of imide groups is 1. The monoisotopic (exact) mass is 510 g/mol. The molecule has 11 nitrogen and oxygen atoms in total. The number of aliphatic imine (C=N–C) groups is 1. The number of carbonyl (C=O) groups excluding carboxylic acids is 2. The Bertz CT molecular complexity index is 1100. The van der Waals surface area contributed by atoms with Crippen LogP contribution in [0.3, 0.4) is 0 Å². The van der Waals surface area contributed by atoms with Gasteiger partial charge in [-0.1, -0.05) is 32.9 Å². The van der Waals surface area contributed by atoms with Gasteiger partial charge < -0.3 is 10.8 Å². The van der Waals surface area contributed by atoms with Crippen LogP contribution in [0.1, 0.15) is 44.9 Å². The number of urea groups is 1. The van der Waals surface area contributed by atoms with Crippen molar-refractivity contribution in [3.63, 3.8) is 0 Å². The quantitative estimate of drug-likeness (QED) is 0.371. The second-order valence-corrected chi connectivity index (χ2v) is 9.45. The van der Waals surface area contributed by atoms with E-state index < -0.39 is 11.7 Å². The number of nitrogen functional groups attached to an aromatic ring is 1. The highest BCUT2D eigenvalue weighted by molar-refractivity contribution is 6.05. The highest BCUT2D eigenvalue weighted by Gasteiger charge is 2.62. The van der Waals surface area contributed by atoms with Crippen molar-refractivity contribution < 1.29 is 14.7 Å². The van der Waals surface area contributed by atoms with Crippen LogP contribution in [0, 0.1) is 0 Å². The summed E-state index contributed by atoms with van der Waals surface area (Å²) in [5, 5.41) is 20.7. The van der Waals surface area contributed by atoms with Crippen LogP contribution >= 0.6 is 0 Å². The normalized spacial score (nSPS) is 21.7. The van der Waals surface area contributed by atoms with E-state index in [4.69, 9.17) is 10.7 Å². The number of H-pyrrole nitrogens is 1. The van der Waals surface area contributed by atoms with Gasteiger partial charge >= 0.3 is 6.03 Å². The number of fused-ring (bicyclic) bond motifs is 1. The van der Waals surface area contributed by atoms with Crippen LogP contribution in [0.4, 0.5) is 10.5 Å². The summed E-state index contributed by atoms with van der Waals surface area (Å²) in [6.45, 7) is 7.49. The number of nitrogens with zero attached hydrogens (tertiary/aromatic N) is 6. The predicted octanol–water partition coefficient (Wildman–Crippen LogP) is 1.87. The van der Waals surface area contributed by atoms with Gasteiger partial charge in [0.2, 0.25) is 0 Å². The lowest BCUT2D eigenvalue weighted by Gasteiger charge is -2.51. The van der Waals surface area contributed by atoms with Gasteiger partial charge in [0, 0.05) is 50.2 Å². The van der Waals surface area contributed by atoms with Crippen molar-refractivity contribution in [1.82, 2.24) is 30.0 Å². The maximum atomic E-state index is 14.1. The fourth-order valence-corrected chi connectivity index (χ4v) is 5.39. The Hall–Kier alpha value is -3.44. The van der Waals surface area contributed by atoms with Gasteiger partial charge in [0.05, 0.1) is 6.61 Å². The molecule has 2 aliphatic rings. The van der Waals surface area contributed by atoms with Crippen LogP contribution in [-0.2, 0) is 17.6 Å². The maximum Gasteiger partial charge on any atom is 0.328 e. The van der Waals surface area contributed by atoms with Crippen molar-refractivity contribution in [2.45, 2.75) is 58.2 Å². The fourth-order valence-electron chi connectivity index (χ4n) is 5.39. The number of amides is 3. The molecule has 2 aromatic rings. The Morgan fingerprint density at radius 1 is 1.14 bits per heavy atom. The lowest BCUT2D eigenvalue weighted by molar-refractivity contribution is -0.151. The summed E-state index contributed by atoms with van der Waals surface area (Å²) in [5.41, 5.74) is 7.38. The molecule has 0 saturated carbocycles. The molecule has 11 heteroatoms. The molecule has 3 amide bonds. The van der Waals surface area contributed by atoms with Gasteiger partial charge in [0.15, 0.2) is 11.7 Å². The molecule has 2 atom stereocenters. The minimum Gasteiger partial charge on any atom is -0.399 e. The number of hydrazine groups is 1. The Morgan fingerprint density at radius 2 is 1.89 bits per heavy atom. The number of nitrogens with one attached hydrogen (secondary N) is 1. The fraction of sp³-hybridized carbons (Fsp3) is 0.538. The summed E-state index contributed by atoms with van der Waals surface area (Å²) in [7, 11) is 0. The average molecular weight is 511 g/mol. The first-order valence-corrected chi connectivity index (χ1v) is 13.1. The predicted molar refractivity (Wildman–Crippen MR) is 141 cm³/mol. The van der Waals surface area contributed by atoms with Gasteiger partial charge in [-0.15, -0.1) is 0 Å². The summed E-state index contributed by atoms with van der Waals surface area (Å²) < 4.78 is 0. The minimum atomic E-state index is -1.07. The van der Waals surface area contributed by atoms with Gasteiger partial charge in [-0.05, 0) is 43.0 Å². The zero-order valence-electron chi connectivity index (χ0n) is 21.9. The Kier molecular flexibility index (Phi) is 8.13. The summed E-state index contributed by atoms with van der Waals surface area (Å²) in [5.74, 6) is 0.417. The van der Waals surface area contributed by atoms with E-state index >= 15 is 0 Å². The summed E-state index contributed by atoms with van der Waals surface area (Å²) >= 11 is 0. The SMILES string of the molecule is CCCN1C(=O)C2N(N(CC)CCO)C(Cc3ccn[nH]3)=NC2(CC)N(CCc2ccc(N)cc2)C1=O. The standard InChI is InChI=1S/C26H38N8O3/c1-4-14-32-24(36)23-26(5-2,33(25(32)37)15-12-19-7-9-20(27)10-8-19)29-22(18-21-11-13-28-30-21)34(23)31(6-3)16-17-35/h7-11,13,23,35H,4-6,12,14-18,27H2,1-3H3,(H,28,30). The molecular formula is C26H38N8O3. The van der Waals surface area contributed by atoms with E-state index in [0.717, 1.165) is 11.3 Å². The number of aliphatic hydroxyl groups excluding tert-OH is 1. The molecule has 4 N–H and O–H groups in total. The average Bonchev–Trinajstić information content (AvgIpc) is 3.53. The van der Waals surface area contributed by atoms with Gasteiger partial charge in [0.1, 0.15) is 5.84 Å². The third-order valence-corrected chi connectivity index (χ3v) is 7.20. The van der Waals surface area contributed by atoms with Crippen LogP contribution in [-0.4, -0.2) is 97.4 Å². The molecule has 0 radical (unpaired) electrons. The molecule has 2 aliphatic heterocycles. The Balaban J connectivity index is 1.79. The van der Waals surface area contributed by atoms with Crippen LogP contribution < -0.4 is 5.73 Å². The number of benzene rings is 1. The van der Waals surface area contributed by atoms with E-state index in [2.05, 4.69) is 10.2 Å². The van der Waals surface area contributed by atoms with Crippen molar-refractivity contribution in [2.24, 2.45) is 4.99 Å². The Labute approximate surface area is 217 Å². The number of amidine groups is 1. The van der Waals surface area contributed by atoms with E-state index in [1.807, 2.05) is 61.1 Å². The van der Waals surface area contributed by atoms with Crippen molar-refractivity contribution >= 4 is 23.5 Å². The molecule has 0 spiro atoms. The van der Waals surface area contributed by atoms with Crippen LogP contribution in [0.2, 0.25) is 0 Å². The first kappa shape index (κ1) is 26.6. The largest absolute Gasteiger partial charge is 0.399 e. The van der Waals surface area contributed by atoms with Crippen molar-refractivity contribution in [2.75, 3.05) is 38.5 Å². The number of anilines is 1. The molecule has 1 aromatic carbocycles. The van der Waals surface area contributed by atoms with Crippen molar-refractivity contribution in [1.29, 1.82) is 0 Å². The van der Waals surface area contributed by atoms with Gasteiger partial charge in [-0.2, -0.15) is 5.10 Å². The summed E-state index contributed by atoms with van der Waals surface area (Å²) in [4.78, 5) is 36.2. The number of likely N-dealkylation sites (N-methyl/N-ethyl adjacent to an activating group) is 1. The Morgan fingerprint density at radius 3 is 2.49 bits per heavy atom. The second kappa shape index (κ2) is 11.3.